The van der Waals surface area contributed by atoms with Gasteiger partial charge >= 0.3 is 5.97 Å². The third-order valence-electron chi connectivity index (χ3n) is 4.58. The van der Waals surface area contributed by atoms with Crippen LogP contribution in [0, 0.1) is 0 Å². The van der Waals surface area contributed by atoms with Gasteiger partial charge in [0.05, 0.1) is 16.8 Å². The van der Waals surface area contributed by atoms with Crippen LogP contribution in [0.1, 0.15) is 21.7 Å². The molecule has 162 valence electrons. The second-order valence-corrected chi connectivity index (χ2v) is 8.77. The van der Waals surface area contributed by atoms with Crippen LogP contribution in [0.2, 0.25) is 0 Å². The Hall–Kier alpha value is -3.98. The summed E-state index contributed by atoms with van der Waals surface area (Å²) in [6, 6.07) is 22.2. The van der Waals surface area contributed by atoms with Crippen LogP contribution >= 0.6 is 0 Å². The van der Waals surface area contributed by atoms with Crippen molar-refractivity contribution in [1.82, 2.24) is 9.97 Å². The highest BCUT2D eigenvalue weighted by molar-refractivity contribution is 7.91. The summed E-state index contributed by atoms with van der Waals surface area (Å²) in [6.07, 6.45) is 0. The molecule has 4 rings (SSSR count). The van der Waals surface area contributed by atoms with Gasteiger partial charge in [0, 0.05) is 11.1 Å². The minimum atomic E-state index is -3.65. The fraction of sp³-hybridized carbons (Fsp3) is 0.0870. The number of esters is 1. The van der Waals surface area contributed by atoms with Crippen molar-refractivity contribution in [2.45, 2.75) is 12.4 Å². The minimum absolute atomic E-state index is 0.169. The summed E-state index contributed by atoms with van der Waals surface area (Å²) < 4.78 is 32.7. The number of nitrogen functional groups attached to an aromatic ring is 1. The summed E-state index contributed by atoms with van der Waals surface area (Å²) in [7, 11) is -3.65. The molecule has 0 aliphatic heterocycles. The molecule has 0 fully saturated rings. The maximum atomic E-state index is 12.5. The third-order valence-corrected chi connectivity index (χ3v) is 5.84. The lowest BCUT2D eigenvalue weighted by Gasteiger charge is -2.10. The van der Waals surface area contributed by atoms with Crippen LogP contribution in [0.4, 0.5) is 11.5 Å². The second kappa shape index (κ2) is 9.03. The van der Waals surface area contributed by atoms with Crippen LogP contribution in [0.15, 0.2) is 78.9 Å². The number of sulfonamides is 1. The number of para-hydroxylation sites is 1. The molecular formula is C23H20N4O4S. The monoisotopic (exact) mass is 448 g/mol. The van der Waals surface area contributed by atoms with Crippen LogP contribution in [-0.2, 0) is 27.1 Å². The molecule has 0 saturated heterocycles. The molecule has 0 unspecified atom stereocenters. The first-order valence-corrected chi connectivity index (χ1v) is 11.4. The smallest absolute Gasteiger partial charge is 0.338 e. The van der Waals surface area contributed by atoms with Crippen molar-refractivity contribution >= 4 is 38.4 Å². The van der Waals surface area contributed by atoms with Crippen molar-refractivity contribution in [3.63, 3.8) is 0 Å². The number of carbonyl (C=O) groups is 1. The van der Waals surface area contributed by atoms with E-state index < -0.39 is 16.0 Å². The van der Waals surface area contributed by atoms with Gasteiger partial charge in [0.15, 0.2) is 12.4 Å². The first kappa shape index (κ1) is 21.3. The van der Waals surface area contributed by atoms with Gasteiger partial charge in [-0.1, -0.05) is 48.5 Å². The number of fused-ring (bicyclic) bond motifs is 1. The molecule has 4 aromatic rings. The zero-order chi connectivity index (χ0) is 22.6. The topological polar surface area (TPSA) is 124 Å². The summed E-state index contributed by atoms with van der Waals surface area (Å²) in [5, 5.41) is 0.720. The molecule has 3 aromatic carbocycles. The number of nitrogens with one attached hydrogen (secondary N) is 1. The van der Waals surface area contributed by atoms with E-state index in [1.807, 2.05) is 24.3 Å². The molecule has 0 radical (unpaired) electrons. The van der Waals surface area contributed by atoms with E-state index >= 15 is 0 Å². The molecule has 3 N–H and O–H groups in total. The number of hydrogen-bond donors (Lipinski definition) is 2. The van der Waals surface area contributed by atoms with E-state index in [1.165, 1.54) is 12.1 Å². The van der Waals surface area contributed by atoms with Crippen molar-refractivity contribution in [3.8, 4) is 0 Å². The van der Waals surface area contributed by atoms with Crippen LogP contribution in [0.5, 0.6) is 0 Å². The molecule has 0 aliphatic carbocycles. The van der Waals surface area contributed by atoms with Gasteiger partial charge in [-0.15, -0.1) is 0 Å². The molecule has 0 amide bonds. The van der Waals surface area contributed by atoms with Crippen LogP contribution in [0.25, 0.3) is 10.9 Å². The Balaban J connectivity index is 1.43. The molecule has 0 aliphatic rings. The molecule has 0 bridgehead atoms. The van der Waals surface area contributed by atoms with E-state index in [9.17, 15) is 13.2 Å². The van der Waals surface area contributed by atoms with Crippen LogP contribution in [0.3, 0.4) is 0 Å². The van der Waals surface area contributed by atoms with Crippen LogP contribution in [-0.4, -0.2) is 24.4 Å². The van der Waals surface area contributed by atoms with Gasteiger partial charge in [-0.3, -0.25) is 4.72 Å². The highest BCUT2D eigenvalue weighted by atomic mass is 32.2. The maximum Gasteiger partial charge on any atom is 0.338 e. The molecule has 1 heterocycles. The summed E-state index contributed by atoms with van der Waals surface area (Å²) in [6.45, 7) is -0.169. The summed E-state index contributed by atoms with van der Waals surface area (Å²) >= 11 is 0. The standard InChI is InChI=1S/C23H20N4O4S/c24-22-19-11-4-5-12-20(19)25-21(26-22)14-31-23(28)17-9-6-10-18(13-17)27-32(29,30)15-16-7-2-1-3-8-16/h1-13,27H,14-15H2,(H2,24,25,26). The fourth-order valence-corrected chi connectivity index (χ4v) is 4.34. The quantitative estimate of drug-likeness (QED) is 0.415. The Bertz CT molecular complexity index is 1380. The zero-order valence-corrected chi connectivity index (χ0v) is 17.7. The summed E-state index contributed by atoms with van der Waals surface area (Å²) in [5.41, 5.74) is 7.72. The highest BCUT2D eigenvalue weighted by Gasteiger charge is 2.15. The van der Waals surface area contributed by atoms with Crippen molar-refractivity contribution in [2.24, 2.45) is 0 Å². The maximum absolute atomic E-state index is 12.5. The predicted molar refractivity (Wildman–Crippen MR) is 122 cm³/mol. The van der Waals surface area contributed by atoms with E-state index in [-0.39, 0.29) is 29.4 Å². The number of benzene rings is 3. The number of nitrogens with zero attached hydrogens (tertiary/aromatic N) is 2. The summed E-state index contributed by atoms with van der Waals surface area (Å²) in [5.74, 6) is -0.237. The highest BCUT2D eigenvalue weighted by Crippen LogP contribution is 2.19. The van der Waals surface area contributed by atoms with Crippen molar-refractivity contribution in [1.29, 1.82) is 0 Å². The lowest BCUT2D eigenvalue weighted by Crippen LogP contribution is -2.15. The Morgan fingerprint density at radius 2 is 1.69 bits per heavy atom. The molecule has 0 atom stereocenters. The van der Waals surface area contributed by atoms with E-state index in [1.54, 1.807) is 42.5 Å². The Morgan fingerprint density at radius 1 is 0.938 bits per heavy atom. The molecule has 32 heavy (non-hydrogen) atoms. The van der Waals surface area contributed by atoms with Crippen molar-refractivity contribution in [3.05, 3.63) is 95.8 Å². The molecular weight excluding hydrogens is 428 g/mol. The number of aromatic nitrogens is 2. The van der Waals surface area contributed by atoms with E-state index in [0.717, 1.165) is 5.39 Å². The largest absolute Gasteiger partial charge is 0.454 e. The minimum Gasteiger partial charge on any atom is -0.454 e. The van der Waals surface area contributed by atoms with Gasteiger partial charge in [-0.2, -0.15) is 0 Å². The molecule has 0 saturated carbocycles. The normalized spacial score (nSPS) is 11.2. The van der Waals surface area contributed by atoms with E-state index in [0.29, 0.717) is 16.9 Å². The van der Waals surface area contributed by atoms with Gasteiger partial charge in [0.1, 0.15) is 5.82 Å². The lowest BCUT2D eigenvalue weighted by molar-refractivity contribution is 0.0462. The SMILES string of the molecule is Nc1nc(COC(=O)c2cccc(NS(=O)(=O)Cc3ccccc3)c2)nc2ccccc12. The molecule has 8 nitrogen and oxygen atoms in total. The van der Waals surface area contributed by atoms with E-state index in [4.69, 9.17) is 10.5 Å². The lowest BCUT2D eigenvalue weighted by atomic mass is 10.2. The Kier molecular flexibility index (Phi) is 6.00. The number of ether oxygens (including phenoxy) is 1. The number of rotatable bonds is 7. The van der Waals surface area contributed by atoms with Gasteiger partial charge in [-0.25, -0.2) is 23.2 Å². The number of carbonyl (C=O) groups excluding carboxylic acids is 1. The average Bonchev–Trinajstić information content (AvgIpc) is 2.78. The van der Waals surface area contributed by atoms with Gasteiger partial charge in [-0.05, 0) is 35.9 Å². The van der Waals surface area contributed by atoms with Gasteiger partial charge in [0.25, 0.3) is 0 Å². The summed E-state index contributed by atoms with van der Waals surface area (Å²) in [4.78, 5) is 21.0. The average molecular weight is 449 g/mol. The second-order valence-electron chi connectivity index (χ2n) is 7.05. The molecule has 1 aromatic heterocycles. The first-order chi connectivity index (χ1) is 15.4. The molecule has 9 heteroatoms. The van der Waals surface area contributed by atoms with Gasteiger partial charge in [0.2, 0.25) is 10.0 Å². The number of hydrogen-bond acceptors (Lipinski definition) is 7. The third kappa shape index (κ3) is 5.19. The van der Waals surface area contributed by atoms with Crippen molar-refractivity contribution in [2.75, 3.05) is 10.5 Å². The Labute approximate surface area is 185 Å². The van der Waals surface area contributed by atoms with E-state index in [2.05, 4.69) is 14.7 Å². The fourth-order valence-electron chi connectivity index (χ4n) is 3.15. The first-order valence-electron chi connectivity index (χ1n) is 9.72. The zero-order valence-electron chi connectivity index (χ0n) is 16.9. The van der Waals surface area contributed by atoms with Crippen molar-refractivity contribution < 1.29 is 17.9 Å². The van der Waals surface area contributed by atoms with Crippen LogP contribution < -0.4 is 10.5 Å². The number of anilines is 2. The predicted octanol–water partition coefficient (Wildman–Crippen LogP) is 3.51. The number of nitrogens with two attached hydrogens (primary N) is 1. The molecule has 0 spiro atoms. The van der Waals surface area contributed by atoms with Gasteiger partial charge < -0.3 is 10.5 Å². The Morgan fingerprint density at radius 3 is 2.50 bits per heavy atom.